The van der Waals surface area contributed by atoms with Crippen molar-refractivity contribution in [3.05, 3.63) is 65.9 Å². The summed E-state index contributed by atoms with van der Waals surface area (Å²) in [6.07, 6.45) is 0. The summed E-state index contributed by atoms with van der Waals surface area (Å²) in [4.78, 5) is 12.2. The van der Waals surface area contributed by atoms with E-state index in [4.69, 9.17) is 14.5 Å². The first kappa shape index (κ1) is 12.7. The summed E-state index contributed by atoms with van der Waals surface area (Å²) in [5, 5.41) is 18.9. The van der Waals surface area contributed by atoms with Crippen LogP contribution < -0.4 is 5.46 Å². The second-order valence-corrected chi connectivity index (χ2v) is 4.48. The van der Waals surface area contributed by atoms with Gasteiger partial charge in [0.25, 0.3) is 0 Å². The predicted molar refractivity (Wildman–Crippen MR) is 75.9 cm³/mol. The molecule has 0 radical (unpaired) electrons. The minimum Gasteiger partial charge on any atom is -0.453 e. The van der Waals surface area contributed by atoms with Crippen molar-refractivity contribution in [1.29, 1.82) is 0 Å². The highest BCUT2D eigenvalue weighted by molar-refractivity contribution is 6.58. The third-order valence-corrected chi connectivity index (χ3v) is 3.10. The van der Waals surface area contributed by atoms with Gasteiger partial charge in [-0.15, -0.1) is 0 Å². The van der Waals surface area contributed by atoms with Crippen molar-refractivity contribution in [3.63, 3.8) is 0 Å². The first-order valence-corrected chi connectivity index (χ1v) is 6.14. The number of ketones is 1. The molecule has 1 aromatic heterocycles. The number of hydrogen-bond donors (Lipinski definition) is 2. The molecule has 0 atom stereocenters. The monoisotopic (exact) mass is 266 g/mol. The summed E-state index contributed by atoms with van der Waals surface area (Å²) in [6, 6.07) is 15.2. The maximum Gasteiger partial charge on any atom is 0.488 e. The van der Waals surface area contributed by atoms with Gasteiger partial charge in [0.1, 0.15) is 5.58 Å². The zero-order valence-electron chi connectivity index (χ0n) is 10.5. The van der Waals surface area contributed by atoms with Gasteiger partial charge in [0, 0.05) is 10.9 Å². The molecular formula is C15H11BO4. The van der Waals surface area contributed by atoms with E-state index in [0.29, 0.717) is 22.0 Å². The van der Waals surface area contributed by atoms with Gasteiger partial charge in [-0.25, -0.2) is 0 Å². The van der Waals surface area contributed by atoms with E-state index in [1.165, 1.54) is 0 Å². The highest BCUT2D eigenvalue weighted by Crippen LogP contribution is 2.20. The van der Waals surface area contributed by atoms with Gasteiger partial charge >= 0.3 is 7.12 Å². The van der Waals surface area contributed by atoms with Crippen molar-refractivity contribution in [2.45, 2.75) is 0 Å². The Bertz CT molecular complexity index is 762. The van der Waals surface area contributed by atoms with Crippen molar-refractivity contribution >= 4 is 29.3 Å². The molecule has 2 aromatic carbocycles. The molecule has 0 saturated heterocycles. The number of carbonyl (C=O) groups is 1. The lowest BCUT2D eigenvalue weighted by molar-refractivity contribution is 0.101. The van der Waals surface area contributed by atoms with Crippen molar-refractivity contribution in [3.8, 4) is 0 Å². The van der Waals surface area contributed by atoms with Crippen LogP contribution in [0, 0.1) is 0 Å². The fraction of sp³-hybridized carbons (Fsp3) is 0. The summed E-state index contributed by atoms with van der Waals surface area (Å²) in [5.41, 5.74) is 1.44. The van der Waals surface area contributed by atoms with Gasteiger partial charge in [0.15, 0.2) is 5.76 Å². The van der Waals surface area contributed by atoms with Crippen molar-refractivity contribution in [1.82, 2.24) is 0 Å². The number of furan rings is 1. The largest absolute Gasteiger partial charge is 0.488 e. The van der Waals surface area contributed by atoms with Gasteiger partial charge in [0.2, 0.25) is 5.78 Å². The lowest BCUT2D eigenvalue weighted by Crippen LogP contribution is -2.29. The Kier molecular flexibility index (Phi) is 3.14. The topological polar surface area (TPSA) is 70.7 Å². The van der Waals surface area contributed by atoms with E-state index in [-0.39, 0.29) is 11.5 Å². The summed E-state index contributed by atoms with van der Waals surface area (Å²) in [6.45, 7) is 0. The van der Waals surface area contributed by atoms with Gasteiger partial charge in [-0.3, -0.25) is 4.79 Å². The van der Waals surface area contributed by atoms with Gasteiger partial charge < -0.3 is 14.5 Å². The summed E-state index contributed by atoms with van der Waals surface area (Å²) < 4.78 is 5.51. The Labute approximate surface area is 115 Å². The lowest BCUT2D eigenvalue weighted by Gasteiger charge is -1.97. The molecule has 5 heteroatoms. The second kappa shape index (κ2) is 4.96. The van der Waals surface area contributed by atoms with Crippen LogP contribution in [0.3, 0.4) is 0 Å². The third kappa shape index (κ3) is 2.24. The molecule has 0 aliphatic rings. The van der Waals surface area contributed by atoms with Gasteiger partial charge in [-0.2, -0.15) is 0 Å². The Morgan fingerprint density at radius 1 is 1.00 bits per heavy atom. The number of benzene rings is 2. The summed E-state index contributed by atoms with van der Waals surface area (Å²) in [5.74, 6) is 0.0312. The Hall–Kier alpha value is -2.37. The predicted octanol–water partition coefficient (Wildman–Crippen LogP) is 1.34. The standard InChI is InChI=1S/C15H11BO4/c17-15(10-4-2-1-3-5-10)14-9-11-8-12(16(18)19)6-7-13(11)20-14/h1-9,18-19H. The molecule has 0 aliphatic carbocycles. The molecule has 0 bridgehead atoms. The van der Waals surface area contributed by atoms with Crippen LogP contribution >= 0.6 is 0 Å². The van der Waals surface area contributed by atoms with E-state index >= 15 is 0 Å². The van der Waals surface area contributed by atoms with E-state index in [0.717, 1.165) is 0 Å². The molecule has 98 valence electrons. The van der Waals surface area contributed by atoms with Crippen LogP contribution in [0.1, 0.15) is 16.1 Å². The quantitative estimate of drug-likeness (QED) is 0.554. The maximum atomic E-state index is 12.2. The number of carbonyl (C=O) groups excluding carboxylic acids is 1. The molecule has 4 nitrogen and oxygen atoms in total. The van der Waals surface area contributed by atoms with Crippen LogP contribution in [0.15, 0.2) is 59.0 Å². The summed E-state index contributed by atoms with van der Waals surface area (Å²) in [7, 11) is -1.54. The Balaban J connectivity index is 2.03. The van der Waals surface area contributed by atoms with Gasteiger partial charge in [0.05, 0.1) is 0 Å². The number of fused-ring (bicyclic) bond motifs is 1. The van der Waals surface area contributed by atoms with Crippen LogP contribution in [0.4, 0.5) is 0 Å². The Morgan fingerprint density at radius 3 is 2.45 bits per heavy atom. The molecule has 3 aromatic rings. The molecular weight excluding hydrogens is 255 g/mol. The minimum absolute atomic E-state index is 0.201. The fourth-order valence-corrected chi connectivity index (χ4v) is 2.07. The van der Waals surface area contributed by atoms with E-state index in [2.05, 4.69) is 0 Å². The fourth-order valence-electron chi connectivity index (χ4n) is 2.07. The van der Waals surface area contributed by atoms with Crippen LogP contribution in [0.2, 0.25) is 0 Å². The van der Waals surface area contributed by atoms with Crippen molar-refractivity contribution < 1.29 is 19.3 Å². The molecule has 3 rings (SSSR count). The SMILES string of the molecule is O=C(c1ccccc1)c1cc2cc(B(O)O)ccc2o1. The molecule has 0 spiro atoms. The van der Waals surface area contributed by atoms with E-state index in [1.54, 1.807) is 48.5 Å². The third-order valence-electron chi connectivity index (χ3n) is 3.10. The average Bonchev–Trinajstić information content (AvgIpc) is 2.90. The molecule has 2 N–H and O–H groups in total. The molecule has 0 aliphatic heterocycles. The van der Waals surface area contributed by atoms with Gasteiger partial charge in [-0.1, -0.05) is 42.5 Å². The lowest BCUT2D eigenvalue weighted by atomic mass is 9.80. The second-order valence-electron chi connectivity index (χ2n) is 4.48. The number of rotatable bonds is 3. The zero-order chi connectivity index (χ0) is 14.1. The van der Waals surface area contributed by atoms with Crippen LogP contribution in [-0.2, 0) is 0 Å². The normalized spacial score (nSPS) is 10.7. The van der Waals surface area contributed by atoms with E-state index in [9.17, 15) is 4.79 Å². The average molecular weight is 266 g/mol. The Morgan fingerprint density at radius 2 is 1.75 bits per heavy atom. The van der Waals surface area contributed by atoms with Crippen LogP contribution in [0.25, 0.3) is 11.0 Å². The highest BCUT2D eigenvalue weighted by Gasteiger charge is 2.16. The first-order valence-electron chi connectivity index (χ1n) is 6.14. The molecule has 0 amide bonds. The van der Waals surface area contributed by atoms with Crippen molar-refractivity contribution in [2.24, 2.45) is 0 Å². The first-order chi connectivity index (χ1) is 9.65. The molecule has 20 heavy (non-hydrogen) atoms. The van der Waals surface area contributed by atoms with E-state index < -0.39 is 7.12 Å². The summed E-state index contributed by atoms with van der Waals surface area (Å²) >= 11 is 0. The molecule has 1 heterocycles. The van der Waals surface area contributed by atoms with Crippen LogP contribution in [0.5, 0.6) is 0 Å². The minimum atomic E-state index is -1.54. The van der Waals surface area contributed by atoms with Crippen LogP contribution in [-0.4, -0.2) is 22.9 Å². The van der Waals surface area contributed by atoms with Gasteiger partial charge in [-0.05, 0) is 17.6 Å². The maximum absolute atomic E-state index is 12.2. The molecule has 0 saturated carbocycles. The molecule has 0 unspecified atom stereocenters. The zero-order valence-corrected chi connectivity index (χ0v) is 10.5. The van der Waals surface area contributed by atoms with Crippen molar-refractivity contribution in [2.75, 3.05) is 0 Å². The van der Waals surface area contributed by atoms with E-state index in [1.807, 2.05) is 6.07 Å². The molecule has 0 fully saturated rings. The number of hydrogen-bond acceptors (Lipinski definition) is 4. The highest BCUT2D eigenvalue weighted by atomic mass is 16.4. The smallest absolute Gasteiger partial charge is 0.453 e.